The number of alkyl halides is 1. The fourth-order valence-corrected chi connectivity index (χ4v) is 6.12. The minimum atomic E-state index is -1.33. The number of carboxylic acids is 1. The fraction of sp³-hybridized carbons (Fsp3) is 0.481. The molecule has 10 heteroatoms. The van der Waals surface area contributed by atoms with Crippen LogP contribution in [0.4, 0.5) is 4.39 Å². The maximum absolute atomic E-state index is 15.7. The number of benzene rings is 1. The molecule has 0 bridgehead atoms. The highest BCUT2D eigenvalue weighted by atomic mass is 35.5. The summed E-state index contributed by atoms with van der Waals surface area (Å²) in [6.45, 7) is 2.58. The number of aromatic nitrogens is 3. The predicted octanol–water partition coefficient (Wildman–Crippen LogP) is 6.22. The third-order valence-electron chi connectivity index (χ3n) is 7.16. The molecule has 1 fully saturated rings. The van der Waals surface area contributed by atoms with E-state index in [0.29, 0.717) is 28.6 Å². The van der Waals surface area contributed by atoms with Gasteiger partial charge in [0, 0.05) is 35.3 Å². The zero-order valence-electron chi connectivity index (χ0n) is 20.9. The lowest BCUT2D eigenvalue weighted by molar-refractivity contribution is -0.141. The standard InChI is InChI=1S/C27H32ClFN4O3S/c1-36-19-3-4-23-20(15-19)26(21(28)17-32-23)22(29)5-6-27(16-25(34)35)7-12-33(13-8-27)11-2-14-37-24-18-30-9-10-31-24/h3-4,9-10,15,17-18,22H,2,5-8,11-14,16H2,1H3,(H,34,35)/t22-/m1/s1. The molecule has 0 spiro atoms. The number of carbonyl (C=O) groups is 1. The van der Waals surface area contributed by atoms with Crippen LogP contribution in [0, 0.1) is 5.41 Å². The largest absolute Gasteiger partial charge is 0.497 e. The van der Waals surface area contributed by atoms with Gasteiger partial charge in [-0.25, -0.2) is 9.37 Å². The van der Waals surface area contributed by atoms with Gasteiger partial charge in [-0.3, -0.25) is 14.8 Å². The van der Waals surface area contributed by atoms with E-state index in [0.717, 1.165) is 49.7 Å². The lowest BCUT2D eigenvalue weighted by atomic mass is 9.71. The maximum Gasteiger partial charge on any atom is 0.303 e. The molecule has 37 heavy (non-hydrogen) atoms. The topological polar surface area (TPSA) is 88.4 Å². The van der Waals surface area contributed by atoms with E-state index in [1.54, 1.807) is 55.7 Å². The molecule has 1 saturated heterocycles. The van der Waals surface area contributed by atoms with Gasteiger partial charge >= 0.3 is 5.97 Å². The van der Waals surface area contributed by atoms with Crippen molar-refractivity contribution >= 4 is 40.2 Å². The fourth-order valence-electron chi connectivity index (χ4n) is 5.10. The van der Waals surface area contributed by atoms with Crippen molar-refractivity contribution in [2.75, 3.05) is 32.5 Å². The van der Waals surface area contributed by atoms with Gasteiger partial charge in [0.05, 0.1) is 30.3 Å². The van der Waals surface area contributed by atoms with Crippen molar-refractivity contribution in [1.29, 1.82) is 0 Å². The number of rotatable bonds is 12. The summed E-state index contributed by atoms with van der Waals surface area (Å²) in [5.41, 5.74) is 0.622. The van der Waals surface area contributed by atoms with E-state index in [-0.39, 0.29) is 17.9 Å². The first-order chi connectivity index (χ1) is 17.9. The van der Waals surface area contributed by atoms with Gasteiger partial charge in [-0.1, -0.05) is 11.6 Å². The van der Waals surface area contributed by atoms with Gasteiger partial charge in [0.25, 0.3) is 0 Å². The van der Waals surface area contributed by atoms with Crippen molar-refractivity contribution in [3.8, 4) is 5.75 Å². The van der Waals surface area contributed by atoms with E-state index in [4.69, 9.17) is 16.3 Å². The number of nitrogens with zero attached hydrogens (tertiary/aromatic N) is 4. The Morgan fingerprint density at radius 1 is 1.27 bits per heavy atom. The number of halogens is 2. The Morgan fingerprint density at radius 3 is 2.78 bits per heavy atom. The number of hydrogen-bond acceptors (Lipinski definition) is 7. The van der Waals surface area contributed by atoms with Crippen molar-refractivity contribution in [2.24, 2.45) is 5.41 Å². The molecule has 1 aromatic carbocycles. The van der Waals surface area contributed by atoms with E-state index in [1.807, 2.05) is 0 Å². The van der Waals surface area contributed by atoms with Crippen LogP contribution in [0.5, 0.6) is 5.75 Å². The van der Waals surface area contributed by atoms with Crippen LogP contribution in [-0.4, -0.2) is 63.4 Å². The molecule has 0 radical (unpaired) electrons. The molecule has 0 aliphatic carbocycles. The predicted molar refractivity (Wildman–Crippen MR) is 144 cm³/mol. The van der Waals surface area contributed by atoms with Crippen LogP contribution in [0.15, 0.2) is 48.0 Å². The number of aliphatic carboxylic acids is 1. The van der Waals surface area contributed by atoms with Crippen molar-refractivity contribution in [2.45, 2.75) is 49.7 Å². The molecule has 0 amide bonds. The molecular weight excluding hydrogens is 515 g/mol. The first kappa shape index (κ1) is 27.5. The first-order valence-corrected chi connectivity index (χ1v) is 13.8. The highest BCUT2D eigenvalue weighted by molar-refractivity contribution is 7.99. The minimum Gasteiger partial charge on any atom is -0.497 e. The van der Waals surface area contributed by atoms with Gasteiger partial charge in [-0.15, -0.1) is 11.8 Å². The van der Waals surface area contributed by atoms with Gasteiger partial charge in [-0.2, -0.15) is 0 Å². The number of ether oxygens (including phenoxy) is 1. The highest BCUT2D eigenvalue weighted by Gasteiger charge is 2.37. The number of likely N-dealkylation sites (tertiary alicyclic amines) is 1. The third kappa shape index (κ3) is 7.30. The Hall–Kier alpha value is -2.49. The average molecular weight is 547 g/mol. The van der Waals surface area contributed by atoms with E-state index >= 15 is 4.39 Å². The van der Waals surface area contributed by atoms with Crippen LogP contribution >= 0.6 is 23.4 Å². The molecule has 3 aromatic rings. The summed E-state index contributed by atoms with van der Waals surface area (Å²) in [4.78, 5) is 26.8. The molecular formula is C27H32ClFN4O3S. The summed E-state index contributed by atoms with van der Waals surface area (Å²) >= 11 is 8.09. The second-order valence-corrected chi connectivity index (χ2v) is 11.1. The lowest BCUT2D eigenvalue weighted by Gasteiger charge is -2.41. The molecule has 3 heterocycles. The van der Waals surface area contributed by atoms with E-state index in [9.17, 15) is 9.90 Å². The van der Waals surface area contributed by atoms with Gasteiger partial charge in [0.2, 0.25) is 0 Å². The molecule has 7 nitrogen and oxygen atoms in total. The molecule has 0 unspecified atom stereocenters. The monoisotopic (exact) mass is 546 g/mol. The van der Waals surface area contributed by atoms with Crippen molar-refractivity contribution in [1.82, 2.24) is 19.9 Å². The number of carboxylic acid groups (broad SMARTS) is 1. The first-order valence-electron chi connectivity index (χ1n) is 12.5. The Balaban J connectivity index is 1.35. The average Bonchev–Trinajstić information content (AvgIpc) is 2.90. The van der Waals surface area contributed by atoms with Gasteiger partial charge < -0.3 is 14.7 Å². The normalized spacial score (nSPS) is 16.5. The van der Waals surface area contributed by atoms with Crippen LogP contribution in [0.3, 0.4) is 0 Å². The van der Waals surface area contributed by atoms with Crippen LogP contribution in [0.2, 0.25) is 5.02 Å². The maximum atomic E-state index is 15.7. The quantitative estimate of drug-likeness (QED) is 0.212. The van der Waals surface area contributed by atoms with Gasteiger partial charge in [0.15, 0.2) is 0 Å². The molecule has 4 rings (SSSR count). The number of methoxy groups -OCH3 is 1. The van der Waals surface area contributed by atoms with E-state index in [1.165, 1.54) is 6.20 Å². The number of hydrogen-bond donors (Lipinski definition) is 1. The number of pyridine rings is 1. The zero-order chi connectivity index (χ0) is 26.3. The molecule has 1 aliphatic rings. The van der Waals surface area contributed by atoms with E-state index in [2.05, 4.69) is 19.9 Å². The molecule has 1 atom stereocenters. The summed E-state index contributed by atoms with van der Waals surface area (Å²) in [5, 5.41) is 11.5. The Morgan fingerprint density at radius 2 is 2.08 bits per heavy atom. The third-order valence-corrected chi connectivity index (χ3v) is 8.46. The van der Waals surface area contributed by atoms with Crippen LogP contribution < -0.4 is 4.74 Å². The summed E-state index contributed by atoms with van der Waals surface area (Å²) in [6.07, 6.45) is 8.51. The Bertz CT molecular complexity index is 1190. The number of fused-ring (bicyclic) bond motifs is 1. The summed E-state index contributed by atoms with van der Waals surface area (Å²) in [5.74, 6) is 0.723. The zero-order valence-corrected chi connectivity index (χ0v) is 22.5. The summed E-state index contributed by atoms with van der Waals surface area (Å²) < 4.78 is 21.0. The van der Waals surface area contributed by atoms with Crippen molar-refractivity contribution in [3.63, 3.8) is 0 Å². The summed E-state index contributed by atoms with van der Waals surface area (Å²) in [6, 6.07) is 5.32. The number of piperidine rings is 1. The molecule has 1 aliphatic heterocycles. The lowest BCUT2D eigenvalue weighted by Crippen LogP contribution is -2.41. The van der Waals surface area contributed by atoms with Gasteiger partial charge in [0.1, 0.15) is 16.9 Å². The molecule has 198 valence electrons. The van der Waals surface area contributed by atoms with Crippen LogP contribution in [0.1, 0.15) is 50.3 Å². The van der Waals surface area contributed by atoms with Crippen LogP contribution in [-0.2, 0) is 4.79 Å². The highest BCUT2D eigenvalue weighted by Crippen LogP contribution is 2.44. The number of thioether (sulfide) groups is 1. The van der Waals surface area contributed by atoms with Crippen molar-refractivity contribution in [3.05, 3.63) is 53.6 Å². The second kappa shape index (κ2) is 12.8. The SMILES string of the molecule is COc1ccc2ncc(Cl)c([C@H](F)CCC3(CC(=O)O)CCN(CCCSc4cnccn4)CC3)c2c1. The van der Waals surface area contributed by atoms with Crippen LogP contribution in [0.25, 0.3) is 10.9 Å². The Kier molecular flexibility index (Phi) is 9.56. The minimum absolute atomic E-state index is 0.0503. The van der Waals surface area contributed by atoms with Crippen molar-refractivity contribution < 1.29 is 19.0 Å². The molecule has 0 saturated carbocycles. The molecule has 2 aromatic heterocycles. The van der Waals surface area contributed by atoms with E-state index < -0.39 is 17.6 Å². The smallest absolute Gasteiger partial charge is 0.303 e. The molecule has 1 N–H and O–H groups in total. The summed E-state index contributed by atoms with van der Waals surface area (Å²) in [7, 11) is 1.56. The second-order valence-electron chi connectivity index (χ2n) is 9.57. The van der Waals surface area contributed by atoms with Gasteiger partial charge in [-0.05, 0) is 75.4 Å². The Labute approximate surface area is 225 Å².